The number of rotatable bonds is 7. The van der Waals surface area contributed by atoms with Gasteiger partial charge in [-0.15, -0.1) is 0 Å². The van der Waals surface area contributed by atoms with Gasteiger partial charge in [0, 0.05) is 24.7 Å². The van der Waals surface area contributed by atoms with Gasteiger partial charge < -0.3 is 16.2 Å². The zero-order chi connectivity index (χ0) is 15.8. The number of aliphatic carboxylic acids is 1. The molecular weight excluding hydrogens is 290 g/mol. The molecule has 0 saturated carbocycles. The van der Waals surface area contributed by atoms with E-state index in [9.17, 15) is 9.59 Å². The summed E-state index contributed by atoms with van der Waals surface area (Å²) in [6.07, 6.45) is 0.0370. The zero-order valence-electron chi connectivity index (χ0n) is 11.6. The number of carboxylic acid groups (broad SMARTS) is 1. The molecule has 1 rings (SSSR count). The SMILES string of the molecule is C=N/C(SC(=O)c1ccccc1)=C(/C[C@H](N)C(=O)O)NC. The highest BCUT2D eigenvalue weighted by Crippen LogP contribution is 2.26. The van der Waals surface area contributed by atoms with Gasteiger partial charge in [-0.1, -0.05) is 30.3 Å². The zero-order valence-corrected chi connectivity index (χ0v) is 12.4. The Balaban J connectivity index is 2.93. The van der Waals surface area contributed by atoms with Crippen molar-refractivity contribution in [3.8, 4) is 0 Å². The van der Waals surface area contributed by atoms with Crippen molar-refractivity contribution in [3.63, 3.8) is 0 Å². The fraction of sp³-hybridized carbons (Fsp3) is 0.214. The molecule has 1 atom stereocenters. The maximum Gasteiger partial charge on any atom is 0.320 e. The largest absolute Gasteiger partial charge is 0.480 e. The molecule has 0 spiro atoms. The molecule has 112 valence electrons. The van der Waals surface area contributed by atoms with E-state index >= 15 is 0 Å². The van der Waals surface area contributed by atoms with Crippen molar-refractivity contribution in [1.82, 2.24) is 5.32 Å². The lowest BCUT2D eigenvalue weighted by atomic mass is 10.2. The van der Waals surface area contributed by atoms with Crippen molar-refractivity contribution < 1.29 is 14.7 Å². The number of thioether (sulfide) groups is 1. The number of carboxylic acids is 1. The number of hydrogen-bond donors (Lipinski definition) is 3. The van der Waals surface area contributed by atoms with Crippen molar-refractivity contribution in [2.75, 3.05) is 7.05 Å². The first-order chi connectivity index (χ1) is 9.99. The maximum absolute atomic E-state index is 12.1. The Morgan fingerprint density at radius 1 is 1.43 bits per heavy atom. The Morgan fingerprint density at radius 2 is 2.05 bits per heavy atom. The maximum atomic E-state index is 12.1. The molecule has 0 radical (unpaired) electrons. The van der Waals surface area contributed by atoms with Crippen LogP contribution in [0.1, 0.15) is 16.8 Å². The minimum atomic E-state index is -1.12. The fourth-order valence-corrected chi connectivity index (χ4v) is 2.32. The summed E-state index contributed by atoms with van der Waals surface area (Å²) in [5.41, 5.74) is 6.49. The van der Waals surface area contributed by atoms with E-state index in [1.807, 2.05) is 6.07 Å². The van der Waals surface area contributed by atoms with Crippen molar-refractivity contribution in [1.29, 1.82) is 0 Å². The Hall–Kier alpha value is -2.12. The van der Waals surface area contributed by atoms with E-state index in [4.69, 9.17) is 10.8 Å². The summed E-state index contributed by atoms with van der Waals surface area (Å²) in [6, 6.07) is 7.65. The predicted molar refractivity (Wildman–Crippen MR) is 84.2 cm³/mol. The van der Waals surface area contributed by atoms with Crippen LogP contribution in [-0.2, 0) is 4.79 Å². The second-order valence-electron chi connectivity index (χ2n) is 4.10. The van der Waals surface area contributed by atoms with E-state index < -0.39 is 12.0 Å². The monoisotopic (exact) mass is 307 g/mol. The van der Waals surface area contributed by atoms with Gasteiger partial charge >= 0.3 is 5.97 Å². The fourth-order valence-electron chi connectivity index (χ4n) is 1.51. The van der Waals surface area contributed by atoms with E-state index in [0.29, 0.717) is 16.3 Å². The van der Waals surface area contributed by atoms with Gasteiger partial charge in [0.05, 0.1) is 0 Å². The molecule has 0 aliphatic rings. The van der Waals surface area contributed by atoms with E-state index in [1.54, 1.807) is 31.3 Å². The number of aliphatic imine (C=N–C) groups is 1. The molecule has 0 saturated heterocycles. The van der Waals surface area contributed by atoms with E-state index in [0.717, 1.165) is 11.8 Å². The molecule has 4 N–H and O–H groups in total. The first-order valence-corrected chi connectivity index (χ1v) is 6.94. The Kier molecular flexibility index (Phi) is 6.64. The summed E-state index contributed by atoms with van der Waals surface area (Å²) in [7, 11) is 1.61. The van der Waals surface area contributed by atoms with Gasteiger partial charge in [-0.3, -0.25) is 14.6 Å². The number of nitrogens with two attached hydrogens (primary N) is 1. The van der Waals surface area contributed by atoms with Crippen molar-refractivity contribution in [3.05, 3.63) is 46.6 Å². The lowest BCUT2D eigenvalue weighted by Gasteiger charge is -2.13. The van der Waals surface area contributed by atoms with Crippen LogP contribution >= 0.6 is 11.8 Å². The molecule has 0 heterocycles. The number of benzene rings is 1. The Morgan fingerprint density at radius 3 is 2.52 bits per heavy atom. The molecule has 0 bridgehead atoms. The number of nitrogens with zero attached hydrogens (tertiary/aromatic N) is 1. The van der Waals surface area contributed by atoms with E-state index in [-0.39, 0.29) is 11.5 Å². The average Bonchev–Trinajstić information content (AvgIpc) is 2.50. The molecule has 0 unspecified atom stereocenters. The van der Waals surface area contributed by atoms with Crippen molar-refractivity contribution in [2.24, 2.45) is 10.7 Å². The van der Waals surface area contributed by atoms with E-state index in [2.05, 4.69) is 17.0 Å². The highest BCUT2D eigenvalue weighted by molar-refractivity contribution is 8.17. The third kappa shape index (κ3) is 5.05. The van der Waals surface area contributed by atoms with Crippen LogP contribution in [0.25, 0.3) is 0 Å². The van der Waals surface area contributed by atoms with Gasteiger partial charge in [0.1, 0.15) is 11.1 Å². The lowest BCUT2D eigenvalue weighted by Crippen LogP contribution is -2.32. The van der Waals surface area contributed by atoms with E-state index in [1.165, 1.54) is 0 Å². The highest BCUT2D eigenvalue weighted by atomic mass is 32.2. The van der Waals surface area contributed by atoms with Crippen LogP contribution in [0.15, 0.2) is 46.1 Å². The van der Waals surface area contributed by atoms with Gasteiger partial charge in [-0.25, -0.2) is 0 Å². The summed E-state index contributed by atoms with van der Waals surface area (Å²) in [4.78, 5) is 26.7. The average molecular weight is 307 g/mol. The summed E-state index contributed by atoms with van der Waals surface area (Å²) in [6.45, 7) is 3.42. The molecule has 0 fully saturated rings. The molecule has 21 heavy (non-hydrogen) atoms. The number of carbonyl (C=O) groups is 2. The Labute approximate surface area is 127 Å². The smallest absolute Gasteiger partial charge is 0.320 e. The quantitative estimate of drug-likeness (QED) is 0.659. The number of nitrogens with one attached hydrogen (secondary N) is 1. The Bertz CT molecular complexity index is 558. The minimum Gasteiger partial charge on any atom is -0.480 e. The third-order valence-electron chi connectivity index (χ3n) is 2.64. The second kappa shape index (κ2) is 8.23. The van der Waals surface area contributed by atoms with Crippen molar-refractivity contribution >= 4 is 29.6 Å². The summed E-state index contributed by atoms with van der Waals surface area (Å²) >= 11 is 0.885. The van der Waals surface area contributed by atoms with Crippen LogP contribution in [0.4, 0.5) is 0 Å². The minimum absolute atomic E-state index is 0.0370. The first-order valence-electron chi connectivity index (χ1n) is 6.12. The van der Waals surface area contributed by atoms with Gasteiger partial charge in [-0.2, -0.15) is 0 Å². The topological polar surface area (TPSA) is 105 Å². The second-order valence-corrected chi connectivity index (χ2v) is 5.06. The molecule has 0 aliphatic carbocycles. The molecular formula is C14H17N3O3S. The standard InChI is InChI=1S/C14H17N3O3S/c1-16-11(8-10(15)13(18)19)12(17-2)21-14(20)9-6-4-3-5-7-9/h3-7,10,16H,2,8,15H2,1H3,(H,18,19)/b12-11+/t10-/m0/s1. The number of hydrogen-bond acceptors (Lipinski definition) is 6. The third-order valence-corrected chi connectivity index (χ3v) is 3.63. The van der Waals surface area contributed by atoms with Crippen LogP contribution < -0.4 is 11.1 Å². The predicted octanol–water partition coefficient (Wildman–Crippen LogP) is 1.45. The molecule has 0 aromatic heterocycles. The molecule has 1 aromatic rings. The van der Waals surface area contributed by atoms with Crippen LogP contribution in [0.5, 0.6) is 0 Å². The van der Waals surface area contributed by atoms with Gasteiger partial charge in [-0.05, 0) is 18.5 Å². The summed E-state index contributed by atoms with van der Waals surface area (Å²) < 4.78 is 0. The molecule has 6 nitrogen and oxygen atoms in total. The van der Waals surface area contributed by atoms with Crippen LogP contribution in [0, 0.1) is 0 Å². The van der Waals surface area contributed by atoms with Crippen LogP contribution in [-0.4, -0.2) is 36.0 Å². The summed E-state index contributed by atoms with van der Waals surface area (Å²) in [5.74, 6) is -1.12. The molecule has 0 aliphatic heterocycles. The van der Waals surface area contributed by atoms with Crippen LogP contribution in [0.3, 0.4) is 0 Å². The normalized spacial score (nSPS) is 13.0. The number of carbonyl (C=O) groups excluding carboxylic acids is 1. The van der Waals surface area contributed by atoms with Crippen molar-refractivity contribution in [2.45, 2.75) is 12.5 Å². The van der Waals surface area contributed by atoms with Crippen LogP contribution in [0.2, 0.25) is 0 Å². The highest BCUT2D eigenvalue weighted by Gasteiger charge is 2.18. The summed E-state index contributed by atoms with van der Waals surface area (Å²) in [5, 5.41) is 11.8. The van der Waals surface area contributed by atoms with Gasteiger partial charge in [0.2, 0.25) is 5.12 Å². The lowest BCUT2D eigenvalue weighted by molar-refractivity contribution is -0.138. The van der Waals surface area contributed by atoms with Gasteiger partial charge in [0.25, 0.3) is 0 Å². The molecule has 7 heteroatoms. The van der Waals surface area contributed by atoms with Gasteiger partial charge in [0.15, 0.2) is 0 Å². The first kappa shape index (κ1) is 16.9. The molecule has 0 amide bonds. The molecule has 1 aromatic carbocycles.